The fourth-order valence-corrected chi connectivity index (χ4v) is 3.23. The Hall–Kier alpha value is -1.38. The summed E-state index contributed by atoms with van der Waals surface area (Å²) < 4.78 is 3.53. The Morgan fingerprint density at radius 3 is 2.41 bits per heavy atom. The van der Waals surface area contributed by atoms with Crippen molar-refractivity contribution in [2.24, 2.45) is 7.05 Å². The van der Waals surface area contributed by atoms with Gasteiger partial charge in [0.2, 0.25) is 5.52 Å². The molecule has 0 spiro atoms. The zero-order valence-electron chi connectivity index (χ0n) is 9.35. The van der Waals surface area contributed by atoms with E-state index in [0.29, 0.717) is 0 Å². The summed E-state index contributed by atoms with van der Waals surface area (Å²) in [4.78, 5) is 0. The highest BCUT2D eigenvalue weighted by Gasteiger charge is 2.17. The van der Waals surface area contributed by atoms with E-state index >= 15 is 0 Å². The van der Waals surface area contributed by atoms with Gasteiger partial charge in [-0.3, -0.25) is 0 Å². The minimum Gasteiger partial charge on any atom is -0.184 e. The van der Waals surface area contributed by atoms with E-state index in [1.165, 1.54) is 20.8 Å². The van der Waals surface area contributed by atoms with Crippen LogP contribution in [0.3, 0.4) is 0 Å². The second kappa shape index (κ2) is 4.13. The summed E-state index contributed by atoms with van der Waals surface area (Å²) in [5, 5.41) is 2.03. The van der Waals surface area contributed by atoms with Gasteiger partial charge in [0.05, 0.1) is 5.56 Å². The molecule has 0 atom stereocenters. The minimum absolute atomic E-state index is 0.775. The molecule has 0 radical (unpaired) electrons. The highest BCUT2D eigenvalue weighted by molar-refractivity contribution is 7.21. The van der Waals surface area contributed by atoms with E-state index in [4.69, 9.17) is 11.6 Å². The van der Waals surface area contributed by atoms with Crippen LogP contribution < -0.4 is 4.57 Å². The zero-order chi connectivity index (χ0) is 11.8. The van der Waals surface area contributed by atoms with Gasteiger partial charge in [0.1, 0.15) is 11.7 Å². The van der Waals surface area contributed by atoms with Crippen LogP contribution in [0.5, 0.6) is 0 Å². The van der Waals surface area contributed by atoms with Crippen LogP contribution >= 0.6 is 22.9 Å². The number of halogens is 1. The third-order valence-corrected chi connectivity index (χ3v) is 4.35. The first-order valence-electron chi connectivity index (χ1n) is 5.39. The molecule has 0 amide bonds. The van der Waals surface area contributed by atoms with Crippen LogP contribution in [0, 0.1) is 0 Å². The molecule has 0 aliphatic carbocycles. The monoisotopic (exact) mass is 260 g/mol. The number of aryl methyl sites for hydroxylation is 1. The van der Waals surface area contributed by atoms with E-state index in [-0.39, 0.29) is 0 Å². The van der Waals surface area contributed by atoms with E-state index in [9.17, 15) is 0 Å². The number of aromatic nitrogens is 1. The number of rotatable bonds is 1. The Balaban J connectivity index is 2.24. The van der Waals surface area contributed by atoms with Gasteiger partial charge >= 0.3 is 0 Å². The molecular weight excluding hydrogens is 250 g/mol. The second-order valence-electron chi connectivity index (χ2n) is 3.94. The largest absolute Gasteiger partial charge is 0.269 e. The third kappa shape index (κ3) is 1.84. The Kier molecular flexibility index (Phi) is 2.61. The number of hydrogen-bond acceptors (Lipinski definition) is 1. The van der Waals surface area contributed by atoms with Crippen LogP contribution in [0.15, 0.2) is 48.5 Å². The summed E-state index contributed by atoms with van der Waals surface area (Å²) in [5.41, 5.74) is 2.47. The van der Waals surface area contributed by atoms with Crippen molar-refractivity contribution in [2.75, 3.05) is 0 Å². The molecule has 0 unspecified atom stereocenters. The molecule has 3 rings (SSSR count). The molecule has 1 aromatic heterocycles. The summed E-state index contributed by atoms with van der Waals surface area (Å²) in [7, 11) is 2.10. The van der Waals surface area contributed by atoms with E-state index < -0.39 is 0 Å². The number of para-hydroxylation sites is 1. The van der Waals surface area contributed by atoms with Crippen molar-refractivity contribution in [3.8, 4) is 10.6 Å². The Morgan fingerprint density at radius 2 is 1.71 bits per heavy atom. The summed E-state index contributed by atoms with van der Waals surface area (Å²) >= 11 is 7.72. The van der Waals surface area contributed by atoms with Gasteiger partial charge in [0.15, 0.2) is 0 Å². The molecule has 0 saturated carbocycles. The topological polar surface area (TPSA) is 3.88 Å². The maximum Gasteiger partial charge on any atom is 0.269 e. The van der Waals surface area contributed by atoms with Gasteiger partial charge < -0.3 is 0 Å². The fraction of sp³-hybridized carbons (Fsp3) is 0.0714. The number of thiazole rings is 1. The molecule has 0 aliphatic heterocycles. The van der Waals surface area contributed by atoms with Gasteiger partial charge in [-0.1, -0.05) is 35.1 Å². The number of nitrogens with zero attached hydrogens (tertiary/aromatic N) is 1. The molecule has 1 heterocycles. The Morgan fingerprint density at radius 1 is 1.00 bits per heavy atom. The molecule has 0 fully saturated rings. The Bertz CT molecular complexity index is 670. The lowest BCUT2D eigenvalue weighted by molar-refractivity contribution is -0.629. The first-order valence-corrected chi connectivity index (χ1v) is 6.58. The highest BCUT2D eigenvalue weighted by Crippen LogP contribution is 2.28. The molecule has 0 saturated heterocycles. The van der Waals surface area contributed by atoms with Gasteiger partial charge in [-0.25, -0.2) is 0 Å². The van der Waals surface area contributed by atoms with Crippen molar-refractivity contribution in [1.29, 1.82) is 0 Å². The van der Waals surface area contributed by atoms with Gasteiger partial charge in [-0.2, -0.15) is 4.57 Å². The highest BCUT2D eigenvalue weighted by atomic mass is 35.5. The van der Waals surface area contributed by atoms with Gasteiger partial charge in [0, 0.05) is 11.1 Å². The third-order valence-electron chi connectivity index (χ3n) is 2.83. The Labute approximate surface area is 109 Å². The van der Waals surface area contributed by atoms with E-state index in [1.54, 1.807) is 11.3 Å². The van der Waals surface area contributed by atoms with Crippen LogP contribution in [0.25, 0.3) is 20.8 Å². The van der Waals surface area contributed by atoms with Crippen LogP contribution in [-0.2, 0) is 7.05 Å². The molecule has 0 bridgehead atoms. The second-order valence-corrected chi connectivity index (χ2v) is 5.41. The van der Waals surface area contributed by atoms with E-state index in [0.717, 1.165) is 5.02 Å². The SMILES string of the molecule is C[n+]1c(-c2ccc(Cl)cc2)sc2ccccc21. The van der Waals surface area contributed by atoms with Gasteiger partial charge in [-0.05, 0) is 30.3 Å². The molecular formula is C14H11ClNS+. The van der Waals surface area contributed by atoms with Crippen molar-refractivity contribution in [1.82, 2.24) is 0 Å². The summed E-state index contributed by atoms with van der Waals surface area (Å²) in [6, 6.07) is 16.4. The quantitative estimate of drug-likeness (QED) is 0.581. The molecule has 3 heteroatoms. The first kappa shape index (κ1) is 10.8. The lowest BCUT2D eigenvalue weighted by atomic mass is 10.2. The van der Waals surface area contributed by atoms with Crippen molar-refractivity contribution >= 4 is 33.2 Å². The average molecular weight is 261 g/mol. The van der Waals surface area contributed by atoms with Crippen molar-refractivity contribution < 1.29 is 4.57 Å². The lowest BCUT2D eigenvalue weighted by Crippen LogP contribution is -2.28. The standard InChI is InChI=1S/C14H11ClNS/c1-16-12-4-2-3-5-13(12)17-14(16)10-6-8-11(15)9-7-10/h2-9H,1H3/q+1. The van der Waals surface area contributed by atoms with Crippen LogP contribution in [0.2, 0.25) is 5.02 Å². The predicted octanol–water partition coefficient (Wildman–Crippen LogP) is 4.05. The van der Waals surface area contributed by atoms with Crippen molar-refractivity contribution in [3.05, 3.63) is 53.6 Å². The van der Waals surface area contributed by atoms with E-state index in [2.05, 4.69) is 48.0 Å². The normalized spacial score (nSPS) is 10.9. The molecule has 3 aromatic rings. The average Bonchev–Trinajstić information content (AvgIpc) is 2.69. The van der Waals surface area contributed by atoms with Crippen LogP contribution in [-0.4, -0.2) is 0 Å². The minimum atomic E-state index is 0.775. The lowest BCUT2D eigenvalue weighted by Gasteiger charge is -1.94. The predicted molar refractivity (Wildman–Crippen MR) is 73.4 cm³/mol. The van der Waals surface area contributed by atoms with Crippen LogP contribution in [0.4, 0.5) is 0 Å². The maximum absolute atomic E-state index is 5.91. The smallest absolute Gasteiger partial charge is 0.184 e. The summed E-state index contributed by atoms with van der Waals surface area (Å²) in [6.07, 6.45) is 0. The zero-order valence-corrected chi connectivity index (χ0v) is 10.9. The van der Waals surface area contributed by atoms with Gasteiger partial charge in [0.25, 0.3) is 5.01 Å². The number of hydrogen-bond donors (Lipinski definition) is 0. The molecule has 0 aliphatic rings. The van der Waals surface area contributed by atoms with Crippen LogP contribution in [0.1, 0.15) is 0 Å². The number of fused-ring (bicyclic) bond motifs is 1. The summed E-state index contributed by atoms with van der Waals surface area (Å²) in [5.74, 6) is 0. The fourth-order valence-electron chi connectivity index (χ4n) is 1.95. The van der Waals surface area contributed by atoms with E-state index in [1.807, 2.05) is 12.1 Å². The molecule has 17 heavy (non-hydrogen) atoms. The van der Waals surface area contributed by atoms with Gasteiger partial charge in [-0.15, -0.1) is 0 Å². The van der Waals surface area contributed by atoms with Crippen molar-refractivity contribution in [2.45, 2.75) is 0 Å². The molecule has 0 N–H and O–H groups in total. The number of benzene rings is 2. The molecule has 1 nitrogen and oxygen atoms in total. The molecule has 2 aromatic carbocycles. The maximum atomic E-state index is 5.91. The molecule has 84 valence electrons. The van der Waals surface area contributed by atoms with Crippen molar-refractivity contribution in [3.63, 3.8) is 0 Å². The first-order chi connectivity index (χ1) is 8.25. The summed E-state index contributed by atoms with van der Waals surface area (Å²) in [6.45, 7) is 0.